The van der Waals surface area contributed by atoms with E-state index in [4.69, 9.17) is 5.73 Å². The fourth-order valence-electron chi connectivity index (χ4n) is 2.27. The van der Waals surface area contributed by atoms with Gasteiger partial charge < -0.3 is 26.8 Å². The lowest BCUT2D eigenvalue weighted by molar-refractivity contribution is -0.144. The molecule has 5 atom stereocenters. The van der Waals surface area contributed by atoms with Crippen LogP contribution in [0.1, 0.15) is 47.5 Å². The molecule has 0 aromatic heterocycles. The summed E-state index contributed by atoms with van der Waals surface area (Å²) < 4.78 is 0. The number of carboxylic acids is 1. The van der Waals surface area contributed by atoms with Crippen molar-refractivity contribution in [2.45, 2.75) is 65.6 Å². The van der Waals surface area contributed by atoms with Crippen LogP contribution >= 0.6 is 0 Å². The Balaban J connectivity index is 5.18. The van der Waals surface area contributed by atoms with E-state index in [0.29, 0.717) is 12.8 Å². The summed E-state index contributed by atoms with van der Waals surface area (Å²) in [6.45, 7) is 8.45. The molecule has 0 spiro atoms. The van der Waals surface area contributed by atoms with Gasteiger partial charge in [-0.05, 0) is 18.8 Å². The van der Waals surface area contributed by atoms with Gasteiger partial charge in [0, 0.05) is 0 Å². The lowest BCUT2D eigenvalue weighted by Crippen LogP contribution is -2.58. The van der Waals surface area contributed by atoms with Crippen LogP contribution in [0.5, 0.6) is 0 Å². The van der Waals surface area contributed by atoms with Gasteiger partial charge in [-0.15, -0.1) is 0 Å². The standard InChI is InChI=1S/C17H32N4O5/c1-6-9(3)13(20-15(23)11(5)19-12(22)8-18)16(24)21-14(17(25)26)10(4)7-2/h9-11,13-14H,6-8,18H2,1-5H3,(H,19,22)(H,20,23)(H,21,24)(H,25,26). The average Bonchev–Trinajstić information content (AvgIpc) is 2.61. The largest absolute Gasteiger partial charge is 0.480 e. The highest BCUT2D eigenvalue weighted by molar-refractivity contribution is 5.93. The van der Waals surface area contributed by atoms with Crippen molar-refractivity contribution in [3.63, 3.8) is 0 Å². The first-order valence-electron chi connectivity index (χ1n) is 8.91. The third-order valence-corrected chi connectivity index (χ3v) is 4.53. The maximum absolute atomic E-state index is 12.6. The number of hydrogen-bond donors (Lipinski definition) is 5. The van der Waals surface area contributed by atoms with Crippen LogP contribution in [0.15, 0.2) is 0 Å². The van der Waals surface area contributed by atoms with Crippen LogP contribution < -0.4 is 21.7 Å². The first kappa shape index (κ1) is 23.8. The Kier molecular flexibility index (Phi) is 10.5. The highest BCUT2D eigenvalue weighted by atomic mass is 16.4. The normalized spacial score (nSPS) is 16.5. The number of aliphatic carboxylic acids is 1. The summed E-state index contributed by atoms with van der Waals surface area (Å²) >= 11 is 0. The predicted molar refractivity (Wildman–Crippen MR) is 97.1 cm³/mol. The lowest BCUT2D eigenvalue weighted by atomic mass is 9.95. The monoisotopic (exact) mass is 372 g/mol. The molecule has 6 N–H and O–H groups in total. The summed E-state index contributed by atoms with van der Waals surface area (Å²) in [6.07, 6.45) is 1.18. The van der Waals surface area contributed by atoms with E-state index in [1.807, 2.05) is 13.8 Å². The van der Waals surface area contributed by atoms with Gasteiger partial charge in [0.15, 0.2) is 0 Å². The van der Waals surface area contributed by atoms with Crippen LogP contribution in [-0.4, -0.2) is 53.5 Å². The molecular formula is C17H32N4O5. The van der Waals surface area contributed by atoms with Gasteiger partial charge in [0.2, 0.25) is 17.7 Å². The third kappa shape index (κ3) is 7.38. The predicted octanol–water partition coefficient (Wildman–Crippen LogP) is -0.404. The molecule has 9 heteroatoms. The number of nitrogens with two attached hydrogens (primary N) is 1. The zero-order valence-electron chi connectivity index (χ0n) is 16.2. The van der Waals surface area contributed by atoms with Gasteiger partial charge >= 0.3 is 5.97 Å². The maximum atomic E-state index is 12.6. The van der Waals surface area contributed by atoms with Gasteiger partial charge in [0.25, 0.3) is 0 Å². The van der Waals surface area contributed by atoms with Crippen molar-refractivity contribution in [3.8, 4) is 0 Å². The van der Waals surface area contributed by atoms with Gasteiger partial charge in [-0.2, -0.15) is 0 Å². The number of carboxylic acid groups (broad SMARTS) is 1. The molecule has 0 saturated heterocycles. The number of rotatable bonds is 11. The lowest BCUT2D eigenvalue weighted by Gasteiger charge is -2.28. The number of carbonyl (C=O) groups excluding carboxylic acids is 3. The molecule has 0 heterocycles. The molecule has 0 aromatic rings. The zero-order valence-corrected chi connectivity index (χ0v) is 16.2. The maximum Gasteiger partial charge on any atom is 0.326 e. The fraction of sp³-hybridized carbons (Fsp3) is 0.765. The molecule has 0 aliphatic heterocycles. The first-order chi connectivity index (χ1) is 12.1. The van der Waals surface area contributed by atoms with Crippen molar-refractivity contribution in [1.29, 1.82) is 0 Å². The molecular weight excluding hydrogens is 340 g/mol. The minimum absolute atomic E-state index is 0.220. The van der Waals surface area contributed by atoms with Crippen LogP contribution in [0.2, 0.25) is 0 Å². The molecule has 0 fully saturated rings. The summed E-state index contributed by atoms with van der Waals surface area (Å²) in [4.78, 5) is 47.6. The molecule has 0 saturated carbocycles. The summed E-state index contributed by atoms with van der Waals surface area (Å²) in [5.41, 5.74) is 5.20. The van der Waals surface area contributed by atoms with Crippen LogP contribution in [-0.2, 0) is 19.2 Å². The van der Waals surface area contributed by atoms with Gasteiger partial charge in [0.1, 0.15) is 18.1 Å². The molecule has 9 nitrogen and oxygen atoms in total. The quantitative estimate of drug-likeness (QED) is 0.333. The second kappa shape index (κ2) is 11.5. The second-order valence-electron chi connectivity index (χ2n) is 6.58. The van der Waals surface area contributed by atoms with Crippen LogP contribution in [0, 0.1) is 11.8 Å². The van der Waals surface area contributed by atoms with Crippen LogP contribution in [0.3, 0.4) is 0 Å². The minimum Gasteiger partial charge on any atom is -0.480 e. The molecule has 0 aromatic carbocycles. The zero-order chi connectivity index (χ0) is 20.4. The van der Waals surface area contributed by atoms with E-state index in [9.17, 15) is 24.3 Å². The minimum atomic E-state index is -1.12. The van der Waals surface area contributed by atoms with Crippen molar-refractivity contribution < 1.29 is 24.3 Å². The Labute approximate surface area is 154 Å². The fourth-order valence-corrected chi connectivity index (χ4v) is 2.27. The van der Waals surface area contributed by atoms with Crippen molar-refractivity contribution >= 4 is 23.7 Å². The summed E-state index contributed by atoms with van der Waals surface area (Å²) in [7, 11) is 0. The summed E-state index contributed by atoms with van der Waals surface area (Å²) in [5, 5.41) is 16.9. The molecule has 150 valence electrons. The molecule has 3 amide bonds. The number of hydrogen-bond acceptors (Lipinski definition) is 5. The average molecular weight is 372 g/mol. The van der Waals surface area contributed by atoms with Crippen LogP contribution in [0.4, 0.5) is 0 Å². The SMILES string of the molecule is CCC(C)C(NC(=O)C(NC(=O)C(C)NC(=O)CN)C(C)CC)C(=O)O. The van der Waals surface area contributed by atoms with Gasteiger partial charge in [0.05, 0.1) is 6.54 Å². The number of amides is 3. The molecule has 0 aliphatic rings. The molecule has 26 heavy (non-hydrogen) atoms. The Hall–Kier alpha value is -2.16. The first-order valence-corrected chi connectivity index (χ1v) is 8.91. The molecule has 0 radical (unpaired) electrons. The van der Waals surface area contributed by atoms with Gasteiger partial charge in [-0.3, -0.25) is 14.4 Å². The van der Waals surface area contributed by atoms with Crippen molar-refractivity contribution in [1.82, 2.24) is 16.0 Å². The smallest absolute Gasteiger partial charge is 0.326 e. The highest BCUT2D eigenvalue weighted by Crippen LogP contribution is 2.12. The van der Waals surface area contributed by atoms with E-state index in [1.54, 1.807) is 13.8 Å². The molecule has 0 rings (SSSR count). The Morgan fingerprint density at radius 3 is 1.73 bits per heavy atom. The van der Waals surface area contributed by atoms with Gasteiger partial charge in [-0.1, -0.05) is 40.5 Å². The van der Waals surface area contributed by atoms with Crippen molar-refractivity contribution in [2.24, 2.45) is 17.6 Å². The number of carbonyl (C=O) groups is 4. The topological polar surface area (TPSA) is 151 Å². The third-order valence-electron chi connectivity index (χ3n) is 4.53. The Morgan fingerprint density at radius 1 is 0.846 bits per heavy atom. The Bertz CT molecular complexity index is 511. The molecule has 0 bridgehead atoms. The summed E-state index contributed by atoms with van der Waals surface area (Å²) in [5.74, 6) is -3.18. The van der Waals surface area contributed by atoms with Crippen LogP contribution in [0.25, 0.3) is 0 Å². The van der Waals surface area contributed by atoms with Crippen molar-refractivity contribution in [2.75, 3.05) is 6.54 Å². The highest BCUT2D eigenvalue weighted by Gasteiger charge is 2.32. The van der Waals surface area contributed by atoms with E-state index in [-0.39, 0.29) is 18.4 Å². The molecule has 0 aliphatic carbocycles. The van der Waals surface area contributed by atoms with E-state index >= 15 is 0 Å². The molecule has 5 unspecified atom stereocenters. The van der Waals surface area contributed by atoms with Gasteiger partial charge in [-0.25, -0.2) is 4.79 Å². The second-order valence-corrected chi connectivity index (χ2v) is 6.58. The summed E-state index contributed by atoms with van der Waals surface area (Å²) in [6, 6.07) is -2.81. The number of nitrogens with one attached hydrogen (secondary N) is 3. The van der Waals surface area contributed by atoms with E-state index in [2.05, 4.69) is 16.0 Å². The van der Waals surface area contributed by atoms with E-state index in [0.717, 1.165) is 0 Å². The van der Waals surface area contributed by atoms with E-state index in [1.165, 1.54) is 6.92 Å². The van der Waals surface area contributed by atoms with Crippen molar-refractivity contribution in [3.05, 3.63) is 0 Å². The van der Waals surface area contributed by atoms with E-state index < -0.39 is 41.8 Å². The Morgan fingerprint density at radius 2 is 1.31 bits per heavy atom.